The van der Waals surface area contributed by atoms with E-state index in [1.54, 1.807) is 5.57 Å². The summed E-state index contributed by atoms with van der Waals surface area (Å²) >= 11 is 0. The van der Waals surface area contributed by atoms with Crippen molar-refractivity contribution >= 4 is 5.78 Å². The van der Waals surface area contributed by atoms with Gasteiger partial charge in [-0.25, -0.2) is 0 Å². The minimum absolute atomic E-state index is 0.134. The molecule has 3 aliphatic rings. The lowest BCUT2D eigenvalue weighted by Gasteiger charge is -2.61. The van der Waals surface area contributed by atoms with Crippen molar-refractivity contribution in [1.29, 1.82) is 0 Å². The summed E-state index contributed by atoms with van der Waals surface area (Å²) < 4.78 is 0. The number of allylic oxidation sites excluding steroid dienone is 6. The summed E-state index contributed by atoms with van der Waals surface area (Å²) in [6, 6.07) is 0. The van der Waals surface area contributed by atoms with Gasteiger partial charge in [0.2, 0.25) is 0 Å². The Hall–Kier alpha value is -1.11. The Morgan fingerprint density at radius 1 is 0.871 bits per heavy atom. The van der Waals surface area contributed by atoms with Crippen LogP contribution >= 0.6 is 0 Å². The van der Waals surface area contributed by atoms with E-state index in [0.29, 0.717) is 22.5 Å². The van der Waals surface area contributed by atoms with E-state index < -0.39 is 0 Å². The SMILES string of the molecule is CC(C)=CCC/C(C)=C/C/C=C(\C)[C@H]1CCC2[C@@]3(C)CCC(=O)C(C)(C)C3CC[C@]21C. The lowest BCUT2D eigenvalue weighted by Crippen LogP contribution is -2.57. The van der Waals surface area contributed by atoms with Gasteiger partial charge < -0.3 is 0 Å². The quantitative estimate of drug-likeness (QED) is 0.389. The molecule has 0 aromatic rings. The van der Waals surface area contributed by atoms with Crippen LogP contribution in [-0.2, 0) is 4.79 Å². The first-order valence-electron chi connectivity index (χ1n) is 12.9. The molecule has 0 bridgehead atoms. The molecule has 0 N–H and O–H groups in total. The van der Waals surface area contributed by atoms with Crippen molar-refractivity contribution in [2.75, 3.05) is 0 Å². The largest absolute Gasteiger partial charge is 0.299 e. The predicted molar refractivity (Wildman–Crippen MR) is 134 cm³/mol. The van der Waals surface area contributed by atoms with Crippen LogP contribution in [0.15, 0.2) is 34.9 Å². The highest BCUT2D eigenvalue weighted by Crippen LogP contribution is 2.69. The molecule has 0 aromatic carbocycles. The summed E-state index contributed by atoms with van der Waals surface area (Å²) in [5.74, 6) is 2.56. The lowest BCUT2D eigenvalue weighted by atomic mass is 9.43. The van der Waals surface area contributed by atoms with Gasteiger partial charge in [-0.15, -0.1) is 0 Å². The van der Waals surface area contributed by atoms with E-state index in [1.807, 2.05) is 0 Å². The van der Waals surface area contributed by atoms with E-state index >= 15 is 0 Å². The molecule has 0 heterocycles. The molecule has 3 saturated carbocycles. The van der Waals surface area contributed by atoms with Gasteiger partial charge in [-0.3, -0.25) is 4.79 Å². The summed E-state index contributed by atoms with van der Waals surface area (Å²) in [6.45, 7) is 18.7. The third-order valence-corrected chi connectivity index (χ3v) is 9.93. The van der Waals surface area contributed by atoms with E-state index in [2.05, 4.69) is 73.6 Å². The zero-order valence-corrected chi connectivity index (χ0v) is 21.7. The molecular weight excluding hydrogens is 376 g/mol. The Labute approximate surface area is 192 Å². The third kappa shape index (κ3) is 4.53. The van der Waals surface area contributed by atoms with Gasteiger partial charge in [0.05, 0.1) is 0 Å². The molecule has 2 unspecified atom stereocenters. The fourth-order valence-electron chi connectivity index (χ4n) is 8.15. The molecule has 0 aromatic heterocycles. The van der Waals surface area contributed by atoms with Crippen LogP contribution in [-0.4, -0.2) is 5.78 Å². The number of carbonyl (C=O) groups is 1. The van der Waals surface area contributed by atoms with Crippen molar-refractivity contribution in [3.63, 3.8) is 0 Å². The molecule has 31 heavy (non-hydrogen) atoms. The molecule has 174 valence electrons. The average Bonchev–Trinajstić information content (AvgIpc) is 3.03. The van der Waals surface area contributed by atoms with Crippen molar-refractivity contribution in [1.82, 2.24) is 0 Å². The van der Waals surface area contributed by atoms with E-state index in [0.717, 1.165) is 37.5 Å². The zero-order valence-electron chi connectivity index (χ0n) is 21.7. The van der Waals surface area contributed by atoms with Gasteiger partial charge in [-0.05, 0) is 108 Å². The number of ketones is 1. The molecule has 3 rings (SSSR count). The topological polar surface area (TPSA) is 17.1 Å². The number of Topliss-reactive ketones (excluding diaryl/α,β-unsaturated/α-hetero) is 1. The van der Waals surface area contributed by atoms with Crippen molar-refractivity contribution < 1.29 is 4.79 Å². The number of hydrogen-bond donors (Lipinski definition) is 0. The second kappa shape index (κ2) is 9.03. The molecule has 0 spiro atoms. The maximum atomic E-state index is 12.7. The summed E-state index contributed by atoms with van der Waals surface area (Å²) in [4.78, 5) is 12.7. The van der Waals surface area contributed by atoms with Gasteiger partial charge in [0.15, 0.2) is 0 Å². The van der Waals surface area contributed by atoms with Gasteiger partial charge in [0, 0.05) is 11.8 Å². The smallest absolute Gasteiger partial charge is 0.138 e. The molecule has 0 aliphatic heterocycles. The summed E-state index contributed by atoms with van der Waals surface area (Å²) in [6.07, 6.45) is 17.8. The molecule has 1 nitrogen and oxygen atoms in total. The summed E-state index contributed by atoms with van der Waals surface area (Å²) in [5.41, 5.74) is 5.16. The minimum atomic E-state index is -0.134. The maximum absolute atomic E-state index is 12.7. The summed E-state index contributed by atoms with van der Waals surface area (Å²) in [7, 11) is 0. The highest BCUT2D eigenvalue weighted by Gasteiger charge is 2.63. The van der Waals surface area contributed by atoms with Crippen LogP contribution in [0.4, 0.5) is 0 Å². The Kier molecular flexibility index (Phi) is 7.14. The van der Waals surface area contributed by atoms with Crippen LogP contribution in [0.25, 0.3) is 0 Å². The third-order valence-electron chi connectivity index (χ3n) is 9.93. The second-order valence-corrected chi connectivity index (χ2v) is 12.5. The second-order valence-electron chi connectivity index (χ2n) is 12.5. The fourth-order valence-corrected chi connectivity index (χ4v) is 8.15. The number of fused-ring (bicyclic) bond motifs is 3. The standard InChI is InChI=1S/C30H48O/c1-21(2)11-9-12-22(3)13-10-14-23(4)24-15-16-26-29(24,7)19-17-25-28(5,6)27(31)18-20-30(25,26)8/h11,13-14,24-26H,9-10,12,15-20H2,1-8H3/b22-13+,23-14+/t24-,25?,26?,29+,30+/m1/s1. The van der Waals surface area contributed by atoms with Gasteiger partial charge >= 0.3 is 0 Å². The molecule has 3 fully saturated rings. The Bertz CT molecular complexity index is 774. The van der Waals surface area contributed by atoms with E-state index in [1.165, 1.54) is 43.3 Å². The van der Waals surface area contributed by atoms with Crippen LogP contribution in [0.2, 0.25) is 0 Å². The highest BCUT2D eigenvalue weighted by atomic mass is 16.1. The van der Waals surface area contributed by atoms with Crippen molar-refractivity contribution in [2.45, 2.75) is 113 Å². The number of rotatable bonds is 6. The first kappa shape index (κ1) is 24.5. The average molecular weight is 425 g/mol. The zero-order chi connectivity index (χ0) is 23.0. The first-order chi connectivity index (χ1) is 14.4. The molecule has 3 aliphatic carbocycles. The Morgan fingerprint density at radius 2 is 1.58 bits per heavy atom. The Morgan fingerprint density at radius 3 is 2.26 bits per heavy atom. The number of carbonyl (C=O) groups excluding carboxylic acids is 1. The van der Waals surface area contributed by atoms with Gasteiger partial charge in [0.25, 0.3) is 0 Å². The predicted octanol–water partition coefficient (Wildman–Crippen LogP) is 8.85. The molecule has 0 amide bonds. The monoisotopic (exact) mass is 424 g/mol. The minimum Gasteiger partial charge on any atom is -0.299 e. The molecular formula is C30H48O. The lowest BCUT2D eigenvalue weighted by molar-refractivity contribution is -0.157. The van der Waals surface area contributed by atoms with Gasteiger partial charge in [0.1, 0.15) is 5.78 Å². The van der Waals surface area contributed by atoms with E-state index in [9.17, 15) is 4.79 Å². The highest BCUT2D eigenvalue weighted by molar-refractivity contribution is 5.85. The van der Waals surface area contributed by atoms with E-state index in [-0.39, 0.29) is 5.41 Å². The molecule has 0 radical (unpaired) electrons. The maximum Gasteiger partial charge on any atom is 0.138 e. The van der Waals surface area contributed by atoms with Crippen molar-refractivity contribution in [3.8, 4) is 0 Å². The van der Waals surface area contributed by atoms with E-state index in [4.69, 9.17) is 0 Å². The van der Waals surface area contributed by atoms with Crippen LogP contribution in [0, 0.1) is 34.0 Å². The van der Waals surface area contributed by atoms with Crippen LogP contribution < -0.4 is 0 Å². The molecule has 0 saturated heterocycles. The van der Waals surface area contributed by atoms with Gasteiger partial charge in [-0.1, -0.05) is 62.6 Å². The van der Waals surface area contributed by atoms with Crippen molar-refractivity contribution in [2.24, 2.45) is 34.0 Å². The Balaban J connectivity index is 1.71. The molecule has 5 atom stereocenters. The van der Waals surface area contributed by atoms with Crippen molar-refractivity contribution in [3.05, 3.63) is 34.9 Å². The van der Waals surface area contributed by atoms with Gasteiger partial charge in [-0.2, -0.15) is 0 Å². The fraction of sp³-hybridized carbons (Fsp3) is 0.767. The summed E-state index contributed by atoms with van der Waals surface area (Å²) in [5, 5.41) is 0. The normalized spacial score (nSPS) is 37.9. The van der Waals surface area contributed by atoms with Crippen LogP contribution in [0.3, 0.4) is 0 Å². The number of hydrogen-bond acceptors (Lipinski definition) is 1. The first-order valence-corrected chi connectivity index (χ1v) is 12.9. The molecule has 1 heteroatoms. The van der Waals surface area contributed by atoms with Crippen LogP contribution in [0.1, 0.15) is 113 Å². The van der Waals surface area contributed by atoms with Crippen LogP contribution in [0.5, 0.6) is 0 Å².